The zero-order valence-electron chi connectivity index (χ0n) is 11.2. The molecule has 0 aliphatic heterocycles. The van der Waals surface area contributed by atoms with Crippen molar-refractivity contribution in [3.63, 3.8) is 0 Å². The van der Waals surface area contributed by atoms with Crippen molar-refractivity contribution in [3.05, 3.63) is 0 Å². The van der Waals surface area contributed by atoms with Crippen LogP contribution in [0.5, 0.6) is 0 Å². The lowest BCUT2D eigenvalue weighted by atomic mass is 9.95. The lowest BCUT2D eigenvalue weighted by Gasteiger charge is -2.26. The number of nitrogens with two attached hydrogens (primary N) is 1. The molecule has 0 spiro atoms. The summed E-state index contributed by atoms with van der Waals surface area (Å²) in [6, 6.07) is 4.04. The molecule has 100 valence electrons. The second-order valence-electron chi connectivity index (χ2n) is 4.70. The summed E-state index contributed by atoms with van der Waals surface area (Å²) in [6.07, 6.45) is 1.32. The van der Waals surface area contributed by atoms with Gasteiger partial charge in [0.2, 0.25) is 5.91 Å². The van der Waals surface area contributed by atoms with Gasteiger partial charge in [-0.05, 0) is 12.3 Å². The molecule has 0 rings (SSSR count). The van der Waals surface area contributed by atoms with Crippen LogP contribution in [0.3, 0.4) is 0 Å². The fraction of sp³-hybridized carbons (Fsp3) is 0.769. The van der Waals surface area contributed by atoms with E-state index in [0.717, 1.165) is 6.42 Å². The number of hydrogen-bond donors (Lipinski definition) is 1. The van der Waals surface area contributed by atoms with Crippen molar-refractivity contribution >= 4 is 5.91 Å². The predicted octanol–water partition coefficient (Wildman–Crippen LogP) is 1.26. The second-order valence-corrected chi connectivity index (χ2v) is 4.70. The Balaban J connectivity index is 4.59. The number of rotatable bonds is 8. The molecule has 1 atom stereocenters. The van der Waals surface area contributed by atoms with Crippen LogP contribution in [0, 0.1) is 34.5 Å². The van der Waals surface area contributed by atoms with E-state index in [2.05, 4.69) is 0 Å². The summed E-state index contributed by atoms with van der Waals surface area (Å²) in [7, 11) is 0. The molecule has 0 heterocycles. The number of nitrogens with zero attached hydrogens (tertiary/aromatic N) is 3. The molecule has 0 aliphatic carbocycles. The van der Waals surface area contributed by atoms with Gasteiger partial charge in [0.25, 0.3) is 0 Å². The average molecular weight is 250 g/mol. The predicted molar refractivity (Wildman–Crippen MR) is 69.0 cm³/mol. The Hall–Kier alpha value is -1.59. The van der Waals surface area contributed by atoms with Crippen molar-refractivity contribution in [1.29, 1.82) is 10.5 Å². The molecule has 0 saturated carbocycles. The smallest absolute Gasteiger partial charge is 0.227 e. The van der Waals surface area contributed by atoms with Gasteiger partial charge in [-0.25, -0.2) is 0 Å². The fourth-order valence-corrected chi connectivity index (χ4v) is 1.83. The van der Waals surface area contributed by atoms with Gasteiger partial charge >= 0.3 is 0 Å². The van der Waals surface area contributed by atoms with Gasteiger partial charge in [0, 0.05) is 19.6 Å². The van der Waals surface area contributed by atoms with Crippen molar-refractivity contribution in [2.75, 3.05) is 19.6 Å². The van der Waals surface area contributed by atoms with Crippen LogP contribution in [0.15, 0.2) is 0 Å². The molecule has 5 nitrogen and oxygen atoms in total. The van der Waals surface area contributed by atoms with Crippen molar-refractivity contribution < 1.29 is 4.79 Å². The zero-order valence-corrected chi connectivity index (χ0v) is 11.2. The molecule has 2 N–H and O–H groups in total. The van der Waals surface area contributed by atoms with E-state index < -0.39 is 0 Å². The molecule has 1 unspecified atom stereocenters. The Morgan fingerprint density at radius 1 is 1.22 bits per heavy atom. The van der Waals surface area contributed by atoms with Gasteiger partial charge in [0.05, 0.1) is 30.9 Å². The molecule has 0 aromatic heterocycles. The molecule has 18 heavy (non-hydrogen) atoms. The second kappa shape index (κ2) is 9.44. The van der Waals surface area contributed by atoms with Gasteiger partial charge in [-0.3, -0.25) is 4.79 Å². The summed E-state index contributed by atoms with van der Waals surface area (Å²) in [6.45, 7) is 5.17. The number of hydrogen-bond acceptors (Lipinski definition) is 4. The standard InChI is InChI=1S/C13H22N4O/c1-11(2)9-12(10-16)13(18)17(7-3-5-14)8-4-6-15/h11-12H,3-4,7-10,16H2,1-2H3. The van der Waals surface area contributed by atoms with E-state index in [0.29, 0.717) is 25.6 Å². The monoisotopic (exact) mass is 250 g/mol. The summed E-state index contributed by atoms with van der Waals surface area (Å²) < 4.78 is 0. The van der Waals surface area contributed by atoms with Crippen LogP contribution in [0.2, 0.25) is 0 Å². The lowest BCUT2D eigenvalue weighted by Crippen LogP contribution is -2.40. The first-order valence-corrected chi connectivity index (χ1v) is 6.29. The highest BCUT2D eigenvalue weighted by atomic mass is 16.2. The molecule has 0 radical (unpaired) electrons. The third-order valence-corrected chi connectivity index (χ3v) is 2.69. The topological polar surface area (TPSA) is 93.9 Å². The number of carbonyl (C=O) groups excluding carboxylic acids is 1. The highest BCUT2D eigenvalue weighted by Gasteiger charge is 2.23. The molecule has 5 heteroatoms. The van der Waals surface area contributed by atoms with Crippen molar-refractivity contribution in [2.24, 2.45) is 17.6 Å². The van der Waals surface area contributed by atoms with Crippen LogP contribution in [0.4, 0.5) is 0 Å². The van der Waals surface area contributed by atoms with Crippen molar-refractivity contribution in [2.45, 2.75) is 33.1 Å². The van der Waals surface area contributed by atoms with E-state index in [1.807, 2.05) is 26.0 Å². The fourth-order valence-electron chi connectivity index (χ4n) is 1.83. The van der Waals surface area contributed by atoms with Crippen LogP contribution in [0.25, 0.3) is 0 Å². The zero-order chi connectivity index (χ0) is 14.0. The molecular formula is C13H22N4O. The summed E-state index contributed by atoms with van der Waals surface area (Å²) >= 11 is 0. The Morgan fingerprint density at radius 3 is 2.06 bits per heavy atom. The van der Waals surface area contributed by atoms with Gasteiger partial charge in [0.1, 0.15) is 0 Å². The minimum absolute atomic E-state index is 0.0308. The molecule has 0 bridgehead atoms. The van der Waals surface area contributed by atoms with E-state index in [9.17, 15) is 4.79 Å². The molecule has 0 aromatic rings. The van der Waals surface area contributed by atoms with Gasteiger partial charge in [-0.2, -0.15) is 10.5 Å². The van der Waals surface area contributed by atoms with E-state index >= 15 is 0 Å². The maximum Gasteiger partial charge on any atom is 0.227 e. The third kappa shape index (κ3) is 6.22. The summed E-state index contributed by atoms with van der Waals surface area (Å²) in [4.78, 5) is 13.8. The molecule has 0 aromatic carbocycles. The quantitative estimate of drug-likeness (QED) is 0.701. The molecular weight excluding hydrogens is 228 g/mol. The highest BCUT2D eigenvalue weighted by molar-refractivity contribution is 5.79. The largest absolute Gasteiger partial charge is 0.340 e. The first kappa shape index (κ1) is 16.4. The van der Waals surface area contributed by atoms with E-state index in [1.165, 1.54) is 0 Å². The maximum atomic E-state index is 12.2. The number of carbonyl (C=O) groups is 1. The lowest BCUT2D eigenvalue weighted by molar-refractivity contribution is -0.135. The van der Waals surface area contributed by atoms with Gasteiger partial charge in [0.15, 0.2) is 0 Å². The van der Waals surface area contributed by atoms with Crippen LogP contribution < -0.4 is 5.73 Å². The van der Waals surface area contributed by atoms with Crippen LogP contribution in [-0.2, 0) is 4.79 Å². The maximum absolute atomic E-state index is 12.2. The first-order chi connectivity index (χ1) is 8.56. The first-order valence-electron chi connectivity index (χ1n) is 6.29. The van der Waals surface area contributed by atoms with Crippen LogP contribution in [0.1, 0.15) is 33.1 Å². The Kier molecular flexibility index (Phi) is 8.61. The van der Waals surface area contributed by atoms with E-state index in [4.69, 9.17) is 16.3 Å². The van der Waals surface area contributed by atoms with E-state index in [-0.39, 0.29) is 24.7 Å². The Labute approximate surface area is 109 Å². The number of nitriles is 2. The minimum Gasteiger partial charge on any atom is -0.340 e. The molecule has 0 saturated heterocycles. The third-order valence-electron chi connectivity index (χ3n) is 2.69. The van der Waals surface area contributed by atoms with Crippen molar-refractivity contribution in [1.82, 2.24) is 4.90 Å². The molecule has 1 amide bonds. The van der Waals surface area contributed by atoms with Gasteiger partial charge < -0.3 is 10.6 Å². The SMILES string of the molecule is CC(C)CC(CN)C(=O)N(CCC#N)CCC#N. The van der Waals surface area contributed by atoms with Crippen molar-refractivity contribution in [3.8, 4) is 12.1 Å². The highest BCUT2D eigenvalue weighted by Crippen LogP contribution is 2.14. The van der Waals surface area contributed by atoms with Gasteiger partial charge in [-0.1, -0.05) is 13.8 Å². The number of amides is 1. The summed E-state index contributed by atoms with van der Waals surface area (Å²) in [5.41, 5.74) is 5.64. The molecule has 0 aliphatic rings. The summed E-state index contributed by atoms with van der Waals surface area (Å²) in [5, 5.41) is 17.2. The van der Waals surface area contributed by atoms with Crippen LogP contribution >= 0.6 is 0 Å². The Bertz CT molecular complexity index is 309. The average Bonchev–Trinajstić information content (AvgIpc) is 2.35. The normalized spacial score (nSPS) is 11.7. The van der Waals surface area contributed by atoms with E-state index in [1.54, 1.807) is 4.90 Å². The Morgan fingerprint density at radius 2 is 1.72 bits per heavy atom. The molecule has 0 fully saturated rings. The van der Waals surface area contributed by atoms with Gasteiger partial charge in [-0.15, -0.1) is 0 Å². The van der Waals surface area contributed by atoms with Crippen LogP contribution in [-0.4, -0.2) is 30.4 Å². The summed E-state index contributed by atoms with van der Waals surface area (Å²) in [5.74, 6) is 0.162. The minimum atomic E-state index is -0.206.